The van der Waals surface area contributed by atoms with Crippen molar-refractivity contribution in [1.29, 1.82) is 0 Å². The van der Waals surface area contributed by atoms with Crippen molar-refractivity contribution in [2.75, 3.05) is 0 Å². The van der Waals surface area contributed by atoms with Crippen LogP contribution in [0.4, 0.5) is 4.39 Å². The molecule has 4 nitrogen and oxygen atoms in total. The van der Waals surface area contributed by atoms with Gasteiger partial charge in [-0.2, -0.15) is 0 Å². The van der Waals surface area contributed by atoms with Crippen LogP contribution < -0.4 is 5.73 Å². The summed E-state index contributed by atoms with van der Waals surface area (Å²) >= 11 is 0. The summed E-state index contributed by atoms with van der Waals surface area (Å²) < 4.78 is 13.6. The Hall–Kier alpha value is -3.34. The molecule has 0 fully saturated rings. The van der Waals surface area contributed by atoms with Crippen LogP contribution in [0.3, 0.4) is 0 Å². The SMILES string of the molecule is NC(=O)c1ccc(-c2ccnc3c2C(c2cccc(F)c2)=NC3)cc1. The van der Waals surface area contributed by atoms with Gasteiger partial charge in [-0.25, -0.2) is 4.39 Å². The molecule has 0 unspecified atom stereocenters. The molecule has 122 valence electrons. The van der Waals surface area contributed by atoms with E-state index in [0.29, 0.717) is 12.1 Å². The number of nitrogens with two attached hydrogens (primary N) is 1. The van der Waals surface area contributed by atoms with Crippen molar-refractivity contribution in [2.24, 2.45) is 10.7 Å². The van der Waals surface area contributed by atoms with Gasteiger partial charge in [-0.05, 0) is 41.5 Å². The first-order chi connectivity index (χ1) is 12.1. The maximum Gasteiger partial charge on any atom is 0.248 e. The van der Waals surface area contributed by atoms with Gasteiger partial charge < -0.3 is 5.73 Å². The molecule has 0 atom stereocenters. The molecule has 1 amide bonds. The highest BCUT2D eigenvalue weighted by atomic mass is 19.1. The number of halogens is 1. The van der Waals surface area contributed by atoms with Crippen molar-refractivity contribution in [1.82, 2.24) is 4.98 Å². The van der Waals surface area contributed by atoms with E-state index in [4.69, 9.17) is 5.73 Å². The molecule has 0 saturated carbocycles. The molecule has 1 aliphatic heterocycles. The predicted molar refractivity (Wildman–Crippen MR) is 93.9 cm³/mol. The number of carbonyl (C=O) groups excluding carboxylic acids is 1. The normalized spacial score (nSPS) is 12.6. The van der Waals surface area contributed by atoms with Crippen molar-refractivity contribution >= 4 is 11.6 Å². The molecule has 2 aromatic carbocycles. The number of hydrogen-bond donors (Lipinski definition) is 1. The van der Waals surface area contributed by atoms with E-state index in [1.165, 1.54) is 12.1 Å². The van der Waals surface area contributed by atoms with Crippen LogP contribution in [-0.4, -0.2) is 16.6 Å². The number of fused-ring (bicyclic) bond motifs is 1. The molecule has 2 heterocycles. The fourth-order valence-corrected chi connectivity index (χ4v) is 3.05. The van der Waals surface area contributed by atoms with Crippen LogP contribution in [-0.2, 0) is 6.54 Å². The number of benzene rings is 2. The third-order valence-electron chi connectivity index (χ3n) is 4.23. The number of primary amides is 1. The van der Waals surface area contributed by atoms with Gasteiger partial charge in [-0.1, -0.05) is 24.3 Å². The molecule has 3 aromatic rings. The highest BCUT2D eigenvalue weighted by Crippen LogP contribution is 2.32. The number of pyridine rings is 1. The minimum absolute atomic E-state index is 0.301. The Morgan fingerprint density at radius 2 is 1.84 bits per heavy atom. The number of aromatic nitrogens is 1. The minimum atomic E-state index is -0.464. The van der Waals surface area contributed by atoms with Crippen LogP contribution in [0.1, 0.15) is 27.2 Å². The van der Waals surface area contributed by atoms with E-state index in [1.807, 2.05) is 24.3 Å². The Kier molecular flexibility index (Phi) is 3.61. The summed E-state index contributed by atoms with van der Waals surface area (Å²) in [6.07, 6.45) is 1.74. The zero-order valence-corrected chi connectivity index (χ0v) is 13.2. The molecule has 5 heteroatoms. The molecule has 0 radical (unpaired) electrons. The summed E-state index contributed by atoms with van der Waals surface area (Å²) in [6, 6.07) is 15.4. The molecule has 0 aliphatic carbocycles. The van der Waals surface area contributed by atoms with Gasteiger partial charge in [-0.15, -0.1) is 0 Å². The van der Waals surface area contributed by atoms with Gasteiger partial charge in [-0.3, -0.25) is 14.8 Å². The fourth-order valence-electron chi connectivity index (χ4n) is 3.05. The number of nitrogens with zero attached hydrogens (tertiary/aromatic N) is 2. The monoisotopic (exact) mass is 331 g/mol. The topological polar surface area (TPSA) is 68.3 Å². The third-order valence-corrected chi connectivity index (χ3v) is 4.23. The van der Waals surface area contributed by atoms with E-state index in [1.54, 1.807) is 24.4 Å². The van der Waals surface area contributed by atoms with Crippen molar-refractivity contribution in [3.8, 4) is 11.1 Å². The van der Waals surface area contributed by atoms with Crippen molar-refractivity contribution in [3.05, 3.63) is 89.0 Å². The lowest BCUT2D eigenvalue weighted by Crippen LogP contribution is -2.10. The maximum atomic E-state index is 13.6. The predicted octanol–water partition coefficient (Wildman–Crippen LogP) is 3.34. The highest BCUT2D eigenvalue weighted by molar-refractivity contribution is 6.18. The lowest BCUT2D eigenvalue weighted by molar-refractivity contribution is 0.100. The summed E-state index contributed by atoms with van der Waals surface area (Å²) in [6.45, 7) is 0.467. The largest absolute Gasteiger partial charge is 0.366 e. The molecule has 25 heavy (non-hydrogen) atoms. The van der Waals surface area contributed by atoms with Crippen LogP contribution >= 0.6 is 0 Å². The van der Waals surface area contributed by atoms with E-state index < -0.39 is 5.91 Å². The van der Waals surface area contributed by atoms with E-state index in [0.717, 1.165) is 33.7 Å². The second-order valence-electron chi connectivity index (χ2n) is 5.80. The third kappa shape index (κ3) is 2.70. The Labute approximate surface area is 143 Å². The van der Waals surface area contributed by atoms with E-state index in [2.05, 4.69) is 9.98 Å². The number of amides is 1. The van der Waals surface area contributed by atoms with E-state index in [9.17, 15) is 9.18 Å². The Morgan fingerprint density at radius 3 is 2.56 bits per heavy atom. The number of aliphatic imine (C=N–C) groups is 1. The van der Waals surface area contributed by atoms with Crippen molar-refractivity contribution in [3.63, 3.8) is 0 Å². The van der Waals surface area contributed by atoms with Gasteiger partial charge in [0.25, 0.3) is 0 Å². The average molecular weight is 331 g/mol. The van der Waals surface area contributed by atoms with Crippen LogP contribution in [0.2, 0.25) is 0 Å². The quantitative estimate of drug-likeness (QED) is 0.800. The average Bonchev–Trinajstić information content (AvgIpc) is 3.06. The Balaban J connectivity index is 1.84. The number of hydrogen-bond acceptors (Lipinski definition) is 3. The summed E-state index contributed by atoms with van der Waals surface area (Å²) in [4.78, 5) is 20.2. The van der Waals surface area contributed by atoms with E-state index >= 15 is 0 Å². The smallest absolute Gasteiger partial charge is 0.248 e. The summed E-state index contributed by atoms with van der Waals surface area (Å²) in [7, 11) is 0. The lowest BCUT2D eigenvalue weighted by atomic mass is 9.93. The molecular weight excluding hydrogens is 317 g/mol. The fraction of sp³-hybridized carbons (Fsp3) is 0.0500. The summed E-state index contributed by atoms with van der Waals surface area (Å²) in [5.74, 6) is -0.765. The van der Waals surface area contributed by atoms with Crippen LogP contribution in [0.25, 0.3) is 11.1 Å². The highest BCUT2D eigenvalue weighted by Gasteiger charge is 2.23. The van der Waals surface area contributed by atoms with Gasteiger partial charge in [0.2, 0.25) is 5.91 Å². The first-order valence-corrected chi connectivity index (χ1v) is 7.82. The second-order valence-corrected chi connectivity index (χ2v) is 5.80. The first-order valence-electron chi connectivity index (χ1n) is 7.82. The van der Waals surface area contributed by atoms with E-state index in [-0.39, 0.29) is 5.82 Å². The zero-order valence-electron chi connectivity index (χ0n) is 13.2. The Bertz CT molecular complexity index is 1010. The molecule has 1 aromatic heterocycles. The summed E-state index contributed by atoms with van der Waals surface area (Å²) in [5, 5.41) is 0. The minimum Gasteiger partial charge on any atom is -0.366 e. The van der Waals surface area contributed by atoms with Gasteiger partial charge in [0.15, 0.2) is 0 Å². The van der Waals surface area contributed by atoms with Crippen LogP contribution in [0.15, 0.2) is 65.8 Å². The first kappa shape index (κ1) is 15.2. The number of rotatable bonds is 3. The molecule has 4 rings (SSSR count). The molecular formula is C20H14FN3O. The second kappa shape index (κ2) is 5.94. The molecule has 0 saturated heterocycles. The van der Waals surface area contributed by atoms with Gasteiger partial charge >= 0.3 is 0 Å². The van der Waals surface area contributed by atoms with Gasteiger partial charge in [0, 0.05) is 22.9 Å². The van der Waals surface area contributed by atoms with Crippen LogP contribution in [0, 0.1) is 5.82 Å². The molecule has 2 N–H and O–H groups in total. The maximum absolute atomic E-state index is 13.6. The Morgan fingerprint density at radius 1 is 1.04 bits per heavy atom. The molecule has 0 spiro atoms. The molecule has 0 bridgehead atoms. The van der Waals surface area contributed by atoms with Crippen molar-refractivity contribution < 1.29 is 9.18 Å². The molecule has 1 aliphatic rings. The lowest BCUT2D eigenvalue weighted by Gasteiger charge is -2.11. The number of carbonyl (C=O) groups is 1. The summed E-state index contributed by atoms with van der Waals surface area (Å²) in [5.41, 5.74) is 10.8. The van der Waals surface area contributed by atoms with Gasteiger partial charge in [0.05, 0.1) is 18.0 Å². The van der Waals surface area contributed by atoms with Crippen LogP contribution in [0.5, 0.6) is 0 Å². The van der Waals surface area contributed by atoms with Crippen molar-refractivity contribution in [2.45, 2.75) is 6.54 Å². The standard InChI is InChI=1S/C20H14FN3O/c21-15-3-1-2-14(10-15)19-18-16(8-9-23-17(18)11-24-19)12-4-6-13(7-5-12)20(22)25/h1-10H,11H2,(H2,22,25). The zero-order chi connectivity index (χ0) is 17.4. The van der Waals surface area contributed by atoms with Gasteiger partial charge in [0.1, 0.15) is 5.82 Å².